The van der Waals surface area contributed by atoms with Crippen LogP contribution in [0.2, 0.25) is 0 Å². The summed E-state index contributed by atoms with van der Waals surface area (Å²) in [4.78, 5) is 12.4. The molecule has 0 fully saturated rings. The number of rotatable bonds is 12. The van der Waals surface area contributed by atoms with Crippen molar-refractivity contribution in [3.05, 3.63) is 53.1 Å². The van der Waals surface area contributed by atoms with Gasteiger partial charge < -0.3 is 38.0 Å². The topological polar surface area (TPSA) is 81.7 Å². The van der Waals surface area contributed by atoms with Gasteiger partial charge in [-0.15, -0.1) is 0 Å². The summed E-state index contributed by atoms with van der Waals surface area (Å²) in [5.74, 6) is 2.66. The Morgan fingerprint density at radius 1 is 1.00 bits per heavy atom. The van der Waals surface area contributed by atoms with E-state index in [0.29, 0.717) is 64.9 Å². The van der Waals surface area contributed by atoms with E-state index in [4.69, 9.17) is 33.2 Å². The predicted octanol–water partition coefficient (Wildman–Crippen LogP) is 4.98. The van der Waals surface area contributed by atoms with E-state index in [1.807, 2.05) is 57.2 Å². The molecule has 0 N–H and O–H groups in total. The smallest absolute Gasteiger partial charge is 0.189 e. The van der Waals surface area contributed by atoms with Crippen molar-refractivity contribution in [3.63, 3.8) is 0 Å². The van der Waals surface area contributed by atoms with Crippen LogP contribution in [-0.2, 0) is 26.3 Å². The normalized spacial score (nSPS) is 18.3. The Labute approximate surface area is 217 Å². The van der Waals surface area contributed by atoms with E-state index in [9.17, 15) is 4.79 Å². The quantitative estimate of drug-likeness (QED) is 0.192. The van der Waals surface area contributed by atoms with E-state index < -0.39 is 11.5 Å². The van der Waals surface area contributed by atoms with Crippen molar-refractivity contribution < 1.29 is 38.0 Å². The molecule has 198 valence electrons. The van der Waals surface area contributed by atoms with Gasteiger partial charge in [0.2, 0.25) is 0 Å². The van der Waals surface area contributed by atoms with Crippen LogP contribution in [0.25, 0.3) is 10.8 Å². The third-order valence-electron chi connectivity index (χ3n) is 6.89. The molecule has 3 aromatic rings. The average molecular weight is 511 g/mol. The van der Waals surface area contributed by atoms with Crippen LogP contribution in [0.4, 0.5) is 0 Å². The SMILES string of the molecule is COCCOCOc1cc2c(OC)c(OC)c(C)c(OCc3ccccc3)c2c2c1[C@@](C)(C=O)[C@@H](C)O2. The van der Waals surface area contributed by atoms with Gasteiger partial charge in [0.05, 0.1) is 43.8 Å². The Kier molecular flexibility index (Phi) is 8.10. The number of carbonyl (C=O) groups excluding carboxylic acids is 1. The molecule has 37 heavy (non-hydrogen) atoms. The molecule has 0 spiro atoms. The van der Waals surface area contributed by atoms with Crippen molar-refractivity contribution in [3.8, 4) is 28.7 Å². The van der Waals surface area contributed by atoms with Crippen LogP contribution in [-0.4, -0.2) is 53.7 Å². The zero-order valence-electron chi connectivity index (χ0n) is 22.2. The van der Waals surface area contributed by atoms with Gasteiger partial charge in [-0.1, -0.05) is 30.3 Å². The first-order chi connectivity index (χ1) is 17.9. The summed E-state index contributed by atoms with van der Waals surface area (Å²) in [5.41, 5.74) is 1.48. The summed E-state index contributed by atoms with van der Waals surface area (Å²) < 4.78 is 41.0. The van der Waals surface area contributed by atoms with Crippen LogP contribution in [0.1, 0.15) is 30.5 Å². The largest absolute Gasteiger partial charge is 0.492 e. The summed E-state index contributed by atoms with van der Waals surface area (Å²) in [6, 6.07) is 11.7. The van der Waals surface area contributed by atoms with E-state index in [0.717, 1.165) is 17.4 Å². The van der Waals surface area contributed by atoms with Crippen molar-refractivity contribution in [2.75, 3.05) is 41.3 Å². The van der Waals surface area contributed by atoms with Crippen LogP contribution < -0.4 is 23.7 Å². The highest BCUT2D eigenvalue weighted by Crippen LogP contribution is 2.57. The molecule has 0 amide bonds. The molecular formula is C29H34O8. The zero-order valence-corrected chi connectivity index (χ0v) is 22.2. The summed E-state index contributed by atoms with van der Waals surface area (Å²) in [5, 5.41) is 1.38. The molecule has 2 atom stereocenters. The second-order valence-corrected chi connectivity index (χ2v) is 9.12. The highest BCUT2D eigenvalue weighted by Gasteiger charge is 2.47. The van der Waals surface area contributed by atoms with Gasteiger partial charge in [0.15, 0.2) is 18.3 Å². The molecule has 0 bridgehead atoms. The van der Waals surface area contributed by atoms with E-state index in [2.05, 4.69) is 0 Å². The highest BCUT2D eigenvalue weighted by molar-refractivity contribution is 6.05. The Hall–Kier alpha value is -3.49. The number of hydrogen-bond donors (Lipinski definition) is 0. The van der Waals surface area contributed by atoms with Gasteiger partial charge in [0.1, 0.15) is 36.2 Å². The molecule has 8 heteroatoms. The van der Waals surface area contributed by atoms with Crippen LogP contribution >= 0.6 is 0 Å². The lowest BCUT2D eigenvalue weighted by Gasteiger charge is -2.24. The van der Waals surface area contributed by atoms with Gasteiger partial charge in [-0.2, -0.15) is 0 Å². The van der Waals surface area contributed by atoms with Crippen molar-refractivity contribution in [1.29, 1.82) is 0 Å². The van der Waals surface area contributed by atoms with E-state index in [1.54, 1.807) is 21.3 Å². The molecule has 0 saturated heterocycles. The molecule has 8 nitrogen and oxygen atoms in total. The van der Waals surface area contributed by atoms with Crippen LogP contribution in [0, 0.1) is 6.92 Å². The predicted molar refractivity (Wildman–Crippen MR) is 139 cm³/mol. The lowest BCUT2D eigenvalue weighted by molar-refractivity contribution is -0.113. The molecule has 3 aromatic carbocycles. The zero-order chi connectivity index (χ0) is 26.6. The fourth-order valence-corrected chi connectivity index (χ4v) is 4.69. The number of methoxy groups -OCH3 is 3. The third-order valence-corrected chi connectivity index (χ3v) is 6.89. The highest BCUT2D eigenvalue weighted by atomic mass is 16.7. The standard InChI is InChI=1S/C29H34O8/c1-18-25(35-15-20-10-8-7-9-11-20)23-21(27(33-6)26(18)32-5)14-22(36-17-34-13-12-31-4)24-28(23)37-19(2)29(24,3)16-30/h7-11,14,16,19H,12-13,15,17H2,1-6H3/t19-,29+/m1/s1. The molecule has 0 aromatic heterocycles. The maximum Gasteiger partial charge on any atom is 0.189 e. The Balaban J connectivity index is 1.94. The van der Waals surface area contributed by atoms with Gasteiger partial charge in [-0.25, -0.2) is 0 Å². The molecular weight excluding hydrogens is 476 g/mol. The monoisotopic (exact) mass is 510 g/mol. The summed E-state index contributed by atoms with van der Waals surface area (Å²) >= 11 is 0. The minimum absolute atomic E-state index is 0.0205. The number of fused-ring (bicyclic) bond motifs is 3. The third kappa shape index (κ3) is 4.79. The summed E-state index contributed by atoms with van der Waals surface area (Å²) in [6.07, 6.45) is 0.476. The first-order valence-corrected chi connectivity index (χ1v) is 12.2. The van der Waals surface area contributed by atoms with Crippen LogP contribution in [0.3, 0.4) is 0 Å². The van der Waals surface area contributed by atoms with E-state index >= 15 is 0 Å². The molecule has 0 radical (unpaired) electrons. The Morgan fingerprint density at radius 3 is 2.38 bits per heavy atom. The molecule has 0 unspecified atom stereocenters. The van der Waals surface area contributed by atoms with Crippen LogP contribution in [0.15, 0.2) is 36.4 Å². The molecule has 0 aliphatic carbocycles. The maximum atomic E-state index is 12.4. The number of carbonyl (C=O) groups is 1. The minimum atomic E-state index is -0.941. The van der Waals surface area contributed by atoms with Gasteiger partial charge in [0.25, 0.3) is 0 Å². The van der Waals surface area contributed by atoms with Crippen molar-refractivity contribution >= 4 is 17.1 Å². The Morgan fingerprint density at radius 2 is 1.73 bits per heavy atom. The second-order valence-electron chi connectivity index (χ2n) is 9.12. The molecule has 0 saturated carbocycles. The number of aldehydes is 1. The fourth-order valence-electron chi connectivity index (χ4n) is 4.69. The van der Waals surface area contributed by atoms with Crippen molar-refractivity contribution in [2.24, 2.45) is 0 Å². The second kappa shape index (κ2) is 11.3. The fraction of sp³-hybridized carbons (Fsp3) is 0.414. The molecule has 1 aliphatic heterocycles. The van der Waals surface area contributed by atoms with Gasteiger partial charge in [0, 0.05) is 18.1 Å². The van der Waals surface area contributed by atoms with E-state index in [-0.39, 0.29) is 6.79 Å². The number of ether oxygens (including phenoxy) is 7. The van der Waals surface area contributed by atoms with E-state index in [1.165, 1.54) is 0 Å². The minimum Gasteiger partial charge on any atom is -0.492 e. The van der Waals surface area contributed by atoms with Gasteiger partial charge in [-0.05, 0) is 32.4 Å². The lowest BCUT2D eigenvalue weighted by atomic mass is 9.79. The average Bonchev–Trinajstić information content (AvgIpc) is 3.18. The Bertz CT molecular complexity index is 1260. The van der Waals surface area contributed by atoms with Crippen molar-refractivity contribution in [2.45, 2.75) is 38.9 Å². The molecule has 1 heterocycles. The number of hydrogen-bond acceptors (Lipinski definition) is 8. The summed E-state index contributed by atoms with van der Waals surface area (Å²) in [7, 11) is 4.78. The lowest BCUT2D eigenvalue weighted by Crippen LogP contribution is -2.34. The van der Waals surface area contributed by atoms with Gasteiger partial charge in [-0.3, -0.25) is 0 Å². The van der Waals surface area contributed by atoms with Gasteiger partial charge >= 0.3 is 0 Å². The van der Waals surface area contributed by atoms with Crippen LogP contribution in [0.5, 0.6) is 28.7 Å². The summed E-state index contributed by atoms with van der Waals surface area (Å²) in [6.45, 7) is 6.77. The first kappa shape index (κ1) is 26.6. The number of benzene rings is 3. The molecule has 1 aliphatic rings. The molecule has 4 rings (SSSR count). The maximum absolute atomic E-state index is 12.4. The first-order valence-electron chi connectivity index (χ1n) is 12.2. The van der Waals surface area contributed by atoms with Crippen molar-refractivity contribution in [1.82, 2.24) is 0 Å².